The van der Waals surface area contributed by atoms with Gasteiger partial charge in [-0.1, -0.05) is 11.6 Å². The first-order valence-corrected chi connectivity index (χ1v) is 13.4. The van der Waals surface area contributed by atoms with Crippen LogP contribution in [0.2, 0.25) is 5.02 Å². The lowest BCUT2D eigenvalue weighted by Crippen LogP contribution is -2.31. The Morgan fingerprint density at radius 2 is 2.08 bits per heavy atom. The Bertz CT molecular complexity index is 1340. The van der Waals surface area contributed by atoms with E-state index in [1.165, 1.54) is 37.6 Å². The maximum Gasteiger partial charge on any atom is 0.407 e. The summed E-state index contributed by atoms with van der Waals surface area (Å²) in [5.74, 6) is 1.04. The van der Waals surface area contributed by atoms with Gasteiger partial charge in [-0.05, 0) is 36.8 Å². The Morgan fingerprint density at radius 1 is 1.28 bits per heavy atom. The highest BCUT2D eigenvalue weighted by Gasteiger charge is 2.30. The largest absolute Gasteiger partial charge is 0.497 e. The minimum Gasteiger partial charge on any atom is -0.497 e. The van der Waals surface area contributed by atoms with Gasteiger partial charge in [0.1, 0.15) is 17.8 Å². The Hall–Kier alpha value is -3.29. The Kier molecular flexibility index (Phi) is 7.71. The molecule has 1 atom stereocenters. The van der Waals surface area contributed by atoms with Crippen LogP contribution in [0.3, 0.4) is 0 Å². The quantitative estimate of drug-likeness (QED) is 0.406. The number of amides is 1. The standard InChI is InChI=1S/C22H24ClN5O6S2/c1-33-16-4-3-14(20(9-16)34-2)11-28(21-24-13-25-35-21)36(31,32)17-5-6-19(18(23)10-17)26-15-7-8-27(12-15)22(29)30/h3-6,9-10,13,15,26H,7-8,11-12H2,1-2H3,(H,29,30). The topological polar surface area (TPSA) is 134 Å². The molecule has 1 aliphatic heterocycles. The van der Waals surface area contributed by atoms with Gasteiger partial charge in [-0.3, -0.25) is 0 Å². The number of carboxylic acid groups (broad SMARTS) is 1. The van der Waals surface area contributed by atoms with Gasteiger partial charge in [0.05, 0.1) is 36.4 Å². The molecule has 4 rings (SSSR count). The SMILES string of the molecule is COc1ccc(CN(c2ncns2)S(=O)(=O)c2ccc(NC3CCN(C(=O)O)C3)c(Cl)c2)c(OC)c1. The predicted octanol–water partition coefficient (Wildman–Crippen LogP) is 3.77. The van der Waals surface area contributed by atoms with Crippen LogP contribution in [0.1, 0.15) is 12.0 Å². The number of aromatic nitrogens is 2. The van der Waals surface area contributed by atoms with E-state index >= 15 is 0 Å². The molecule has 3 aromatic rings. The summed E-state index contributed by atoms with van der Waals surface area (Å²) in [7, 11) is -1.07. The smallest absolute Gasteiger partial charge is 0.407 e. The predicted molar refractivity (Wildman–Crippen MR) is 136 cm³/mol. The molecule has 14 heteroatoms. The van der Waals surface area contributed by atoms with Crippen LogP contribution in [0.25, 0.3) is 0 Å². The second kappa shape index (κ2) is 10.8. The maximum absolute atomic E-state index is 13.7. The zero-order valence-corrected chi connectivity index (χ0v) is 21.8. The van der Waals surface area contributed by atoms with E-state index in [9.17, 15) is 13.2 Å². The van der Waals surface area contributed by atoms with Crippen LogP contribution in [0.4, 0.5) is 15.6 Å². The summed E-state index contributed by atoms with van der Waals surface area (Å²) in [6, 6.07) is 9.38. The van der Waals surface area contributed by atoms with E-state index in [1.807, 2.05) is 0 Å². The molecule has 0 saturated carbocycles. The molecule has 0 aliphatic carbocycles. The monoisotopic (exact) mass is 553 g/mol. The minimum absolute atomic E-state index is 0.0284. The molecule has 2 aromatic carbocycles. The van der Waals surface area contributed by atoms with Gasteiger partial charge >= 0.3 is 6.09 Å². The molecule has 0 bridgehead atoms. The van der Waals surface area contributed by atoms with Crippen LogP contribution in [0, 0.1) is 0 Å². The molecule has 11 nitrogen and oxygen atoms in total. The number of anilines is 2. The van der Waals surface area contributed by atoms with E-state index in [4.69, 9.17) is 26.2 Å². The number of methoxy groups -OCH3 is 2. The summed E-state index contributed by atoms with van der Waals surface area (Å²) in [6.07, 6.45) is 0.935. The fourth-order valence-electron chi connectivity index (χ4n) is 3.84. The first-order valence-electron chi connectivity index (χ1n) is 10.8. The third-order valence-corrected chi connectivity index (χ3v) is 8.57. The van der Waals surface area contributed by atoms with Gasteiger partial charge in [0.25, 0.3) is 10.0 Å². The van der Waals surface area contributed by atoms with E-state index in [0.29, 0.717) is 42.3 Å². The van der Waals surface area contributed by atoms with Gasteiger partial charge in [-0.25, -0.2) is 22.5 Å². The van der Waals surface area contributed by atoms with Gasteiger partial charge in [-0.15, -0.1) is 0 Å². The lowest BCUT2D eigenvalue weighted by molar-refractivity contribution is 0.155. The lowest BCUT2D eigenvalue weighted by Gasteiger charge is -2.23. The number of hydrogen-bond donors (Lipinski definition) is 2. The van der Waals surface area contributed by atoms with Crippen LogP contribution >= 0.6 is 23.1 Å². The van der Waals surface area contributed by atoms with Crippen LogP contribution in [-0.4, -0.2) is 67.2 Å². The summed E-state index contributed by atoms with van der Waals surface area (Å²) < 4.78 is 43.2. The minimum atomic E-state index is -4.09. The molecular weight excluding hydrogens is 530 g/mol. The van der Waals surface area contributed by atoms with Gasteiger partial charge < -0.3 is 24.8 Å². The second-order valence-corrected chi connectivity index (χ2v) is 10.9. The van der Waals surface area contributed by atoms with Crippen molar-refractivity contribution in [1.29, 1.82) is 0 Å². The fourth-order valence-corrected chi connectivity index (χ4v) is 6.30. The van der Waals surface area contributed by atoms with Crippen molar-refractivity contribution in [3.63, 3.8) is 0 Å². The van der Waals surface area contributed by atoms with Crippen molar-refractivity contribution in [2.75, 3.05) is 36.9 Å². The Morgan fingerprint density at radius 3 is 2.69 bits per heavy atom. The van der Waals surface area contributed by atoms with Crippen molar-refractivity contribution in [2.45, 2.75) is 23.9 Å². The van der Waals surface area contributed by atoms with Crippen LogP contribution in [0.5, 0.6) is 11.5 Å². The van der Waals surface area contributed by atoms with Crippen LogP contribution in [0.15, 0.2) is 47.6 Å². The maximum atomic E-state index is 13.7. The molecule has 0 radical (unpaired) electrons. The highest BCUT2D eigenvalue weighted by atomic mass is 35.5. The molecule has 2 heterocycles. The van der Waals surface area contributed by atoms with Crippen molar-refractivity contribution in [2.24, 2.45) is 0 Å². The highest BCUT2D eigenvalue weighted by Crippen LogP contribution is 2.34. The zero-order chi connectivity index (χ0) is 25.9. The molecule has 1 aromatic heterocycles. The van der Waals surface area contributed by atoms with E-state index < -0.39 is 16.1 Å². The average molecular weight is 554 g/mol. The molecule has 36 heavy (non-hydrogen) atoms. The number of hydrogen-bond acceptors (Lipinski definition) is 9. The number of halogens is 1. The summed E-state index contributed by atoms with van der Waals surface area (Å²) in [6.45, 7) is 0.679. The molecule has 1 fully saturated rings. The molecule has 1 saturated heterocycles. The van der Waals surface area contributed by atoms with Crippen molar-refractivity contribution in [3.05, 3.63) is 53.3 Å². The van der Waals surface area contributed by atoms with Crippen LogP contribution in [-0.2, 0) is 16.6 Å². The van der Waals surface area contributed by atoms with Crippen molar-refractivity contribution in [1.82, 2.24) is 14.3 Å². The summed E-state index contributed by atoms with van der Waals surface area (Å²) >= 11 is 7.40. The molecule has 1 unspecified atom stereocenters. The average Bonchev–Trinajstić information content (AvgIpc) is 3.56. The number of ether oxygens (including phenoxy) is 2. The van der Waals surface area contributed by atoms with E-state index in [2.05, 4.69) is 14.7 Å². The highest BCUT2D eigenvalue weighted by molar-refractivity contribution is 7.93. The summed E-state index contributed by atoms with van der Waals surface area (Å²) in [5.41, 5.74) is 1.12. The Balaban J connectivity index is 1.61. The number of nitrogens with one attached hydrogen (secondary N) is 1. The third-order valence-electron chi connectivity index (χ3n) is 5.72. The molecule has 1 amide bonds. The number of carbonyl (C=O) groups is 1. The second-order valence-electron chi connectivity index (χ2n) is 7.91. The number of benzene rings is 2. The number of sulfonamides is 1. The van der Waals surface area contributed by atoms with E-state index in [1.54, 1.807) is 24.3 Å². The fraction of sp³-hybridized carbons (Fsp3) is 0.318. The summed E-state index contributed by atoms with van der Waals surface area (Å²) in [4.78, 5) is 16.6. The Labute approximate surface area is 217 Å². The van der Waals surface area contributed by atoms with Crippen LogP contribution < -0.4 is 19.1 Å². The summed E-state index contributed by atoms with van der Waals surface area (Å²) in [5, 5.41) is 12.7. The molecule has 2 N–H and O–H groups in total. The first kappa shape index (κ1) is 25.8. The molecule has 0 spiro atoms. The lowest BCUT2D eigenvalue weighted by atomic mass is 10.2. The van der Waals surface area contributed by atoms with Gasteiger partial charge in [0, 0.05) is 42.3 Å². The molecule has 1 aliphatic rings. The molecule has 192 valence electrons. The van der Waals surface area contributed by atoms with Crippen molar-refractivity contribution >= 4 is 50.1 Å². The normalized spacial score (nSPS) is 15.5. The third kappa shape index (κ3) is 5.42. The van der Waals surface area contributed by atoms with Gasteiger partial charge in [0.2, 0.25) is 5.13 Å². The number of likely N-dealkylation sites (tertiary alicyclic amines) is 1. The first-order chi connectivity index (χ1) is 17.2. The van der Waals surface area contributed by atoms with Crippen molar-refractivity contribution < 1.29 is 27.8 Å². The van der Waals surface area contributed by atoms with Crippen molar-refractivity contribution in [3.8, 4) is 11.5 Å². The van der Waals surface area contributed by atoms with Gasteiger partial charge in [0.15, 0.2) is 0 Å². The molecular formula is C22H24ClN5O6S2. The van der Waals surface area contributed by atoms with E-state index in [-0.39, 0.29) is 27.6 Å². The van der Waals surface area contributed by atoms with Gasteiger partial charge in [-0.2, -0.15) is 4.37 Å². The number of rotatable bonds is 9. The van der Waals surface area contributed by atoms with E-state index in [0.717, 1.165) is 15.8 Å². The number of nitrogens with zero attached hydrogens (tertiary/aromatic N) is 4. The zero-order valence-electron chi connectivity index (χ0n) is 19.4.